The van der Waals surface area contributed by atoms with E-state index >= 15 is 0 Å². The van der Waals surface area contributed by atoms with Gasteiger partial charge in [-0.05, 0) is 38.7 Å². The summed E-state index contributed by atoms with van der Waals surface area (Å²) in [5.74, 6) is 0.857. The Kier molecular flexibility index (Phi) is 5.60. The van der Waals surface area contributed by atoms with Gasteiger partial charge in [-0.3, -0.25) is 9.97 Å². The van der Waals surface area contributed by atoms with Crippen LogP contribution >= 0.6 is 0 Å². The molecule has 8 rings (SSSR count). The molecule has 0 aliphatic carbocycles. The lowest BCUT2D eigenvalue weighted by Gasteiger charge is -2.17. The zero-order chi connectivity index (χ0) is 27.9. The molecule has 0 saturated carbocycles. The molecule has 8 aromatic rings. The molecule has 42 heavy (non-hydrogen) atoms. The predicted octanol–water partition coefficient (Wildman–Crippen LogP) is 7.88. The summed E-state index contributed by atoms with van der Waals surface area (Å²) in [4.78, 5) is 27.4. The third kappa shape index (κ3) is 4.01. The van der Waals surface area contributed by atoms with Crippen molar-refractivity contribution in [3.8, 4) is 56.8 Å². The molecule has 4 aromatic carbocycles. The second-order valence-electron chi connectivity index (χ2n) is 9.67. The van der Waals surface area contributed by atoms with Crippen LogP contribution in [0.4, 0.5) is 0 Å². The van der Waals surface area contributed by atoms with Crippen molar-refractivity contribution in [3.63, 3.8) is 0 Å². The van der Waals surface area contributed by atoms with Crippen molar-refractivity contribution in [1.29, 1.82) is 0 Å². The van der Waals surface area contributed by atoms with Crippen LogP contribution in [0, 0.1) is 0 Å². The van der Waals surface area contributed by atoms with Crippen LogP contribution in [0.15, 0.2) is 131 Å². The van der Waals surface area contributed by atoms with Gasteiger partial charge in [-0.15, -0.1) is 0 Å². The Bertz CT molecular complexity index is 2160. The Morgan fingerprint density at radius 1 is 0.405 bits per heavy atom. The van der Waals surface area contributed by atoms with E-state index < -0.39 is 0 Å². The second-order valence-corrected chi connectivity index (χ2v) is 9.67. The summed E-state index contributed by atoms with van der Waals surface area (Å²) in [5, 5.41) is 4.12. The van der Waals surface area contributed by atoms with Crippen molar-refractivity contribution in [2.75, 3.05) is 0 Å². The molecule has 0 amide bonds. The van der Waals surface area contributed by atoms with Crippen LogP contribution in [0.1, 0.15) is 0 Å². The van der Waals surface area contributed by atoms with Gasteiger partial charge in [0.1, 0.15) is 23.9 Å². The fraction of sp³-hybridized carbons (Fsp3) is 0. The van der Waals surface area contributed by atoms with Crippen LogP contribution in [-0.2, 0) is 0 Å². The van der Waals surface area contributed by atoms with Crippen molar-refractivity contribution in [2.24, 2.45) is 0 Å². The maximum atomic E-state index is 5.43. The van der Waals surface area contributed by atoms with Crippen LogP contribution < -0.4 is 0 Å². The summed E-state index contributed by atoms with van der Waals surface area (Å²) in [6.07, 6.45) is 13.2. The standard InChI is InChI=1S/C34H20N6O2/c1-2-6-21(7-3-1)22-10-11-25-26(16-22)32(28-18-40-30(20-38-28)34-36-13-15-42-34)24-9-5-4-8-23(24)31(25)27-17-39-29(19-37-27)33-35-12-14-41-33/h1-20H. The van der Waals surface area contributed by atoms with Gasteiger partial charge in [0.15, 0.2) is 0 Å². The molecule has 0 radical (unpaired) electrons. The summed E-state index contributed by atoms with van der Waals surface area (Å²) in [5.41, 5.74) is 6.82. The summed E-state index contributed by atoms with van der Waals surface area (Å²) in [6, 6.07) is 25.1. The fourth-order valence-electron chi connectivity index (χ4n) is 5.38. The smallest absolute Gasteiger partial charge is 0.246 e. The number of rotatable bonds is 5. The third-order valence-electron chi connectivity index (χ3n) is 7.25. The third-order valence-corrected chi connectivity index (χ3v) is 7.25. The van der Waals surface area contributed by atoms with Gasteiger partial charge in [0, 0.05) is 11.1 Å². The van der Waals surface area contributed by atoms with Gasteiger partial charge < -0.3 is 8.83 Å². The van der Waals surface area contributed by atoms with Gasteiger partial charge >= 0.3 is 0 Å². The average molecular weight is 545 g/mol. The van der Waals surface area contributed by atoms with Gasteiger partial charge in [-0.2, -0.15) is 0 Å². The highest BCUT2D eigenvalue weighted by Crippen LogP contribution is 2.43. The molecule has 0 bridgehead atoms. The van der Waals surface area contributed by atoms with E-state index in [0.29, 0.717) is 23.2 Å². The molecule has 198 valence electrons. The Labute approximate surface area is 239 Å². The molecule has 8 heteroatoms. The van der Waals surface area contributed by atoms with E-state index in [1.54, 1.807) is 37.2 Å². The minimum absolute atomic E-state index is 0.428. The monoisotopic (exact) mass is 544 g/mol. The molecule has 4 heterocycles. The van der Waals surface area contributed by atoms with E-state index in [0.717, 1.165) is 55.2 Å². The topological polar surface area (TPSA) is 104 Å². The first-order valence-electron chi connectivity index (χ1n) is 13.3. The van der Waals surface area contributed by atoms with E-state index in [-0.39, 0.29) is 0 Å². The number of aromatic nitrogens is 6. The van der Waals surface area contributed by atoms with E-state index in [9.17, 15) is 0 Å². The lowest BCUT2D eigenvalue weighted by Crippen LogP contribution is -1.96. The predicted molar refractivity (Wildman–Crippen MR) is 160 cm³/mol. The normalized spacial score (nSPS) is 11.3. The average Bonchev–Trinajstić information content (AvgIpc) is 3.80. The van der Waals surface area contributed by atoms with Crippen molar-refractivity contribution in [1.82, 2.24) is 29.9 Å². The Morgan fingerprint density at radius 3 is 1.43 bits per heavy atom. The molecule has 0 aliphatic heterocycles. The van der Waals surface area contributed by atoms with Crippen molar-refractivity contribution >= 4 is 21.5 Å². The Hall–Kier alpha value is -6.02. The van der Waals surface area contributed by atoms with Crippen molar-refractivity contribution < 1.29 is 8.83 Å². The number of fused-ring (bicyclic) bond motifs is 2. The molecular formula is C34H20N6O2. The largest absolute Gasteiger partial charge is 0.443 e. The van der Waals surface area contributed by atoms with E-state index in [4.69, 9.17) is 18.8 Å². The van der Waals surface area contributed by atoms with Crippen LogP contribution in [0.2, 0.25) is 0 Å². The van der Waals surface area contributed by atoms with Gasteiger partial charge in [-0.1, -0.05) is 66.7 Å². The van der Waals surface area contributed by atoms with Gasteiger partial charge in [0.05, 0.1) is 48.6 Å². The molecule has 0 N–H and O–H groups in total. The maximum absolute atomic E-state index is 5.43. The van der Waals surface area contributed by atoms with Crippen LogP contribution in [0.5, 0.6) is 0 Å². The highest BCUT2D eigenvalue weighted by Gasteiger charge is 2.20. The highest BCUT2D eigenvalue weighted by molar-refractivity contribution is 6.21. The quantitative estimate of drug-likeness (QED) is 0.202. The van der Waals surface area contributed by atoms with Crippen LogP contribution in [0.3, 0.4) is 0 Å². The first kappa shape index (κ1) is 23.8. The van der Waals surface area contributed by atoms with Crippen molar-refractivity contribution in [2.45, 2.75) is 0 Å². The zero-order valence-corrected chi connectivity index (χ0v) is 22.0. The summed E-state index contributed by atoms with van der Waals surface area (Å²) < 4.78 is 10.9. The number of oxazole rings is 2. The SMILES string of the molecule is c1ccc(-c2ccc3c(-c4cnc(-c5ncco5)cn4)c4ccccc4c(-c4cnc(-c5ncco5)cn4)c3c2)cc1. The fourth-order valence-corrected chi connectivity index (χ4v) is 5.38. The molecule has 0 fully saturated rings. The number of hydrogen-bond donors (Lipinski definition) is 0. The Balaban J connectivity index is 1.40. The molecule has 0 aliphatic rings. The maximum Gasteiger partial charge on any atom is 0.246 e. The van der Waals surface area contributed by atoms with Gasteiger partial charge in [-0.25, -0.2) is 19.9 Å². The minimum Gasteiger partial charge on any atom is -0.443 e. The number of nitrogens with zero attached hydrogens (tertiary/aromatic N) is 6. The van der Waals surface area contributed by atoms with E-state index in [2.05, 4.69) is 62.4 Å². The lowest BCUT2D eigenvalue weighted by atomic mass is 9.87. The first-order valence-corrected chi connectivity index (χ1v) is 13.3. The molecular weight excluding hydrogens is 524 g/mol. The summed E-state index contributed by atoms with van der Waals surface area (Å²) in [7, 11) is 0. The van der Waals surface area contributed by atoms with Crippen LogP contribution in [-0.4, -0.2) is 29.9 Å². The minimum atomic E-state index is 0.428. The van der Waals surface area contributed by atoms with E-state index in [1.807, 2.05) is 30.3 Å². The zero-order valence-electron chi connectivity index (χ0n) is 22.0. The lowest BCUT2D eigenvalue weighted by molar-refractivity contribution is 0.571. The number of hydrogen-bond acceptors (Lipinski definition) is 8. The molecule has 0 spiro atoms. The molecule has 0 atom stereocenters. The Morgan fingerprint density at radius 2 is 0.905 bits per heavy atom. The summed E-state index contributed by atoms with van der Waals surface area (Å²) in [6.45, 7) is 0. The van der Waals surface area contributed by atoms with Crippen LogP contribution in [0.25, 0.3) is 78.4 Å². The second kappa shape index (κ2) is 9.87. The molecule has 4 aromatic heterocycles. The highest BCUT2D eigenvalue weighted by atomic mass is 16.3. The van der Waals surface area contributed by atoms with Gasteiger partial charge in [0.25, 0.3) is 0 Å². The van der Waals surface area contributed by atoms with E-state index in [1.165, 1.54) is 12.5 Å². The number of benzene rings is 4. The van der Waals surface area contributed by atoms with Crippen molar-refractivity contribution in [3.05, 3.63) is 123 Å². The first-order chi connectivity index (χ1) is 20.8. The molecule has 0 saturated heterocycles. The van der Waals surface area contributed by atoms with Gasteiger partial charge in [0.2, 0.25) is 11.8 Å². The summed E-state index contributed by atoms with van der Waals surface area (Å²) >= 11 is 0. The molecule has 8 nitrogen and oxygen atoms in total. The molecule has 0 unspecified atom stereocenters.